The molecule has 0 aromatic carbocycles. The molecule has 1 aliphatic carbocycles. The van der Waals surface area contributed by atoms with Crippen molar-refractivity contribution < 1.29 is 4.74 Å². The van der Waals surface area contributed by atoms with Crippen molar-refractivity contribution in [2.24, 2.45) is 11.7 Å². The molecule has 1 fully saturated rings. The van der Waals surface area contributed by atoms with Crippen molar-refractivity contribution in [3.8, 4) is 5.75 Å². The van der Waals surface area contributed by atoms with E-state index in [4.69, 9.17) is 10.5 Å². The van der Waals surface area contributed by atoms with Crippen LogP contribution in [0, 0.1) is 12.8 Å². The highest BCUT2D eigenvalue weighted by atomic mass is 16.5. The van der Waals surface area contributed by atoms with E-state index in [2.05, 4.69) is 11.9 Å². The highest BCUT2D eigenvalue weighted by Crippen LogP contribution is 2.28. The van der Waals surface area contributed by atoms with Crippen LogP contribution in [0.25, 0.3) is 0 Å². The van der Waals surface area contributed by atoms with Gasteiger partial charge in [0.15, 0.2) is 0 Å². The Morgan fingerprint density at radius 1 is 1.35 bits per heavy atom. The van der Waals surface area contributed by atoms with Crippen molar-refractivity contribution in [1.82, 2.24) is 4.98 Å². The Bertz CT molecular complexity index is 370. The van der Waals surface area contributed by atoms with Gasteiger partial charge in [-0.05, 0) is 38.5 Å². The molecule has 17 heavy (non-hydrogen) atoms. The molecule has 1 saturated carbocycles. The minimum atomic E-state index is 0.360. The molecule has 2 rings (SSSR count). The highest BCUT2D eigenvalue weighted by Gasteiger charge is 2.20. The first-order valence-corrected chi connectivity index (χ1v) is 6.51. The number of rotatable bonds is 3. The summed E-state index contributed by atoms with van der Waals surface area (Å²) in [6.07, 6.45) is 7.05. The molecule has 2 N–H and O–H groups in total. The predicted octanol–water partition coefficient (Wildman–Crippen LogP) is 2.81. The molecular formula is C14H22N2O. The summed E-state index contributed by atoms with van der Waals surface area (Å²) in [5, 5.41) is 0. The lowest BCUT2D eigenvalue weighted by atomic mass is 9.89. The number of nitrogens with zero attached hydrogens (tertiary/aromatic N) is 1. The van der Waals surface area contributed by atoms with Gasteiger partial charge >= 0.3 is 0 Å². The average Bonchev–Trinajstić information content (AvgIpc) is 2.32. The molecular weight excluding hydrogens is 212 g/mol. The van der Waals surface area contributed by atoms with E-state index in [-0.39, 0.29) is 0 Å². The van der Waals surface area contributed by atoms with Gasteiger partial charge in [-0.3, -0.25) is 4.98 Å². The summed E-state index contributed by atoms with van der Waals surface area (Å²) in [5.74, 6) is 1.78. The molecule has 1 aromatic heterocycles. The standard InChI is InChI=1S/C14H22N2O/c1-10-3-5-13(6-4-10)17-14-7-11(2)16-9-12(14)8-15/h7,9-10,13H,3-6,8,15H2,1-2H3. The molecule has 0 saturated heterocycles. The lowest BCUT2D eigenvalue weighted by Crippen LogP contribution is -2.23. The van der Waals surface area contributed by atoms with E-state index in [1.54, 1.807) is 0 Å². The van der Waals surface area contributed by atoms with Gasteiger partial charge in [-0.2, -0.15) is 0 Å². The molecule has 94 valence electrons. The minimum absolute atomic E-state index is 0.360. The second-order valence-corrected chi connectivity index (χ2v) is 5.14. The van der Waals surface area contributed by atoms with Crippen molar-refractivity contribution >= 4 is 0 Å². The van der Waals surface area contributed by atoms with Crippen LogP contribution in [0.2, 0.25) is 0 Å². The summed E-state index contributed by atoms with van der Waals surface area (Å²) in [5.41, 5.74) is 7.70. The van der Waals surface area contributed by atoms with Gasteiger partial charge in [0, 0.05) is 30.1 Å². The molecule has 3 heteroatoms. The topological polar surface area (TPSA) is 48.1 Å². The number of ether oxygens (including phenoxy) is 1. The Labute approximate surface area is 103 Å². The zero-order valence-electron chi connectivity index (χ0n) is 10.8. The summed E-state index contributed by atoms with van der Waals surface area (Å²) >= 11 is 0. The quantitative estimate of drug-likeness (QED) is 0.874. The summed E-state index contributed by atoms with van der Waals surface area (Å²) < 4.78 is 6.09. The molecule has 0 atom stereocenters. The van der Waals surface area contributed by atoms with Gasteiger partial charge in [0.1, 0.15) is 5.75 Å². The molecule has 0 radical (unpaired) electrons. The zero-order valence-corrected chi connectivity index (χ0v) is 10.8. The Hall–Kier alpha value is -1.09. The number of aromatic nitrogens is 1. The predicted molar refractivity (Wildman–Crippen MR) is 68.9 cm³/mol. The maximum Gasteiger partial charge on any atom is 0.127 e. The van der Waals surface area contributed by atoms with Gasteiger partial charge in [-0.1, -0.05) is 6.92 Å². The SMILES string of the molecule is Cc1cc(OC2CCC(C)CC2)c(CN)cn1. The van der Waals surface area contributed by atoms with E-state index < -0.39 is 0 Å². The van der Waals surface area contributed by atoms with Crippen molar-refractivity contribution in [1.29, 1.82) is 0 Å². The van der Waals surface area contributed by atoms with Crippen LogP contribution in [0.15, 0.2) is 12.3 Å². The number of aryl methyl sites for hydroxylation is 1. The molecule has 0 amide bonds. The molecule has 0 aliphatic heterocycles. The second-order valence-electron chi connectivity index (χ2n) is 5.14. The Balaban J connectivity index is 2.04. The van der Waals surface area contributed by atoms with Gasteiger partial charge < -0.3 is 10.5 Å². The fraction of sp³-hybridized carbons (Fsp3) is 0.643. The first-order chi connectivity index (χ1) is 8.19. The number of hydrogen-bond acceptors (Lipinski definition) is 3. The lowest BCUT2D eigenvalue weighted by Gasteiger charge is -2.27. The smallest absolute Gasteiger partial charge is 0.127 e. The fourth-order valence-electron chi connectivity index (χ4n) is 2.35. The molecule has 1 heterocycles. The second kappa shape index (κ2) is 5.50. The molecule has 1 aromatic rings. The Kier molecular flexibility index (Phi) is 4.00. The van der Waals surface area contributed by atoms with Crippen LogP contribution in [0.3, 0.4) is 0 Å². The molecule has 0 unspecified atom stereocenters. The minimum Gasteiger partial charge on any atom is -0.490 e. The van der Waals surface area contributed by atoms with Gasteiger partial charge in [0.05, 0.1) is 6.10 Å². The van der Waals surface area contributed by atoms with Crippen molar-refractivity contribution in [2.45, 2.75) is 52.2 Å². The van der Waals surface area contributed by atoms with Crippen LogP contribution < -0.4 is 10.5 Å². The van der Waals surface area contributed by atoms with Crippen LogP contribution >= 0.6 is 0 Å². The lowest BCUT2D eigenvalue weighted by molar-refractivity contribution is 0.134. The Morgan fingerprint density at radius 3 is 2.71 bits per heavy atom. The summed E-state index contributed by atoms with van der Waals surface area (Å²) in [7, 11) is 0. The molecule has 3 nitrogen and oxygen atoms in total. The zero-order chi connectivity index (χ0) is 12.3. The van der Waals surface area contributed by atoms with Crippen LogP contribution in [-0.4, -0.2) is 11.1 Å². The molecule has 1 aliphatic rings. The van der Waals surface area contributed by atoms with Gasteiger partial charge in [-0.25, -0.2) is 0 Å². The van der Waals surface area contributed by atoms with E-state index in [0.29, 0.717) is 12.6 Å². The summed E-state index contributed by atoms with van der Waals surface area (Å²) in [6.45, 7) is 4.79. The van der Waals surface area contributed by atoms with E-state index >= 15 is 0 Å². The van der Waals surface area contributed by atoms with E-state index in [9.17, 15) is 0 Å². The highest BCUT2D eigenvalue weighted by molar-refractivity contribution is 5.32. The number of hydrogen-bond donors (Lipinski definition) is 1. The van der Waals surface area contributed by atoms with Crippen LogP contribution in [-0.2, 0) is 6.54 Å². The third-order valence-corrected chi connectivity index (χ3v) is 3.56. The van der Waals surface area contributed by atoms with Gasteiger partial charge in [0.2, 0.25) is 0 Å². The Morgan fingerprint density at radius 2 is 2.06 bits per heavy atom. The third-order valence-electron chi connectivity index (χ3n) is 3.56. The fourth-order valence-corrected chi connectivity index (χ4v) is 2.35. The number of nitrogens with two attached hydrogens (primary N) is 1. The van der Waals surface area contributed by atoms with E-state index in [0.717, 1.165) is 35.8 Å². The molecule has 0 bridgehead atoms. The normalized spacial score (nSPS) is 24.6. The van der Waals surface area contributed by atoms with Crippen LogP contribution in [0.5, 0.6) is 5.75 Å². The van der Waals surface area contributed by atoms with Crippen molar-refractivity contribution in [3.63, 3.8) is 0 Å². The number of pyridine rings is 1. The van der Waals surface area contributed by atoms with Gasteiger partial charge in [-0.15, -0.1) is 0 Å². The van der Waals surface area contributed by atoms with Crippen molar-refractivity contribution in [3.05, 3.63) is 23.5 Å². The van der Waals surface area contributed by atoms with E-state index in [1.165, 1.54) is 12.8 Å². The monoisotopic (exact) mass is 234 g/mol. The summed E-state index contributed by atoms with van der Waals surface area (Å²) in [4.78, 5) is 4.26. The van der Waals surface area contributed by atoms with Crippen LogP contribution in [0.4, 0.5) is 0 Å². The van der Waals surface area contributed by atoms with Crippen molar-refractivity contribution in [2.75, 3.05) is 0 Å². The first kappa shape index (κ1) is 12.4. The van der Waals surface area contributed by atoms with Gasteiger partial charge in [0.25, 0.3) is 0 Å². The first-order valence-electron chi connectivity index (χ1n) is 6.51. The van der Waals surface area contributed by atoms with Crippen LogP contribution in [0.1, 0.15) is 43.9 Å². The maximum atomic E-state index is 6.09. The maximum absolute atomic E-state index is 6.09. The molecule has 0 spiro atoms. The third kappa shape index (κ3) is 3.19. The average molecular weight is 234 g/mol. The largest absolute Gasteiger partial charge is 0.490 e. The summed E-state index contributed by atoms with van der Waals surface area (Å²) in [6, 6.07) is 2.00. The van der Waals surface area contributed by atoms with E-state index in [1.807, 2.05) is 19.2 Å².